The van der Waals surface area contributed by atoms with Crippen molar-refractivity contribution >= 4 is 29.0 Å². The van der Waals surface area contributed by atoms with Crippen molar-refractivity contribution in [1.82, 2.24) is 14.3 Å². The third-order valence-electron chi connectivity index (χ3n) is 5.32. The molecule has 4 heterocycles. The summed E-state index contributed by atoms with van der Waals surface area (Å²) in [6, 6.07) is 1.83. The number of aromatic nitrogens is 2. The molecule has 0 aromatic carbocycles. The van der Waals surface area contributed by atoms with Crippen LogP contribution in [0.3, 0.4) is 0 Å². The highest BCUT2D eigenvalue weighted by Gasteiger charge is 2.24. The fraction of sp³-hybridized carbons (Fsp3) is 0.600. The second kappa shape index (κ2) is 9.98. The van der Waals surface area contributed by atoms with E-state index in [2.05, 4.69) is 23.9 Å². The van der Waals surface area contributed by atoms with Gasteiger partial charge in [0.1, 0.15) is 5.82 Å². The number of halogens is 1. The number of nitrogens with two attached hydrogens (primary N) is 1. The van der Waals surface area contributed by atoms with Gasteiger partial charge in [-0.1, -0.05) is 11.6 Å². The van der Waals surface area contributed by atoms with Crippen molar-refractivity contribution in [2.45, 2.75) is 44.6 Å². The van der Waals surface area contributed by atoms with Gasteiger partial charge >= 0.3 is 0 Å². The van der Waals surface area contributed by atoms with E-state index < -0.39 is 0 Å². The Bertz CT molecular complexity index is 772. The van der Waals surface area contributed by atoms with E-state index in [0.29, 0.717) is 23.4 Å². The van der Waals surface area contributed by atoms with Gasteiger partial charge in [0.25, 0.3) is 0 Å². The Balaban J connectivity index is 0.000000271. The Hall–Kier alpha value is -1.25. The molecule has 6 nitrogen and oxygen atoms in total. The molecule has 2 fully saturated rings. The van der Waals surface area contributed by atoms with Crippen LogP contribution in [0, 0.1) is 6.92 Å². The highest BCUT2D eigenvalue weighted by atomic mass is 35.5. The lowest BCUT2D eigenvalue weighted by Crippen LogP contribution is -2.29. The molecular weight excluding hydrogens is 396 g/mol. The molecule has 0 amide bonds. The predicted molar refractivity (Wildman–Crippen MR) is 115 cm³/mol. The Morgan fingerprint density at radius 2 is 2.07 bits per heavy atom. The minimum absolute atomic E-state index is 0.186. The van der Waals surface area contributed by atoms with Crippen molar-refractivity contribution < 1.29 is 9.84 Å². The van der Waals surface area contributed by atoms with Gasteiger partial charge in [-0.2, -0.15) is 4.37 Å². The molecule has 2 saturated heterocycles. The molecule has 154 valence electrons. The maximum absolute atomic E-state index is 8.78. The summed E-state index contributed by atoms with van der Waals surface area (Å²) in [5.74, 6) is 1.05. The number of rotatable bonds is 2. The maximum atomic E-state index is 8.78. The monoisotopic (exact) mass is 424 g/mol. The van der Waals surface area contributed by atoms with Gasteiger partial charge in [0.2, 0.25) is 0 Å². The number of aliphatic hydroxyl groups is 1. The van der Waals surface area contributed by atoms with E-state index in [4.69, 9.17) is 31.6 Å². The minimum Gasteiger partial charge on any atom is -0.391 e. The molecule has 8 heteroatoms. The van der Waals surface area contributed by atoms with Gasteiger partial charge in [-0.05, 0) is 75.9 Å². The first kappa shape index (κ1) is 21.5. The van der Waals surface area contributed by atoms with E-state index in [1.54, 1.807) is 6.20 Å². The van der Waals surface area contributed by atoms with Crippen LogP contribution in [0.2, 0.25) is 5.02 Å². The molecule has 3 N–H and O–H groups in total. The molecule has 1 unspecified atom stereocenters. The third-order valence-corrected chi connectivity index (χ3v) is 6.62. The number of ether oxygens (including phenoxy) is 1. The molecule has 0 saturated carbocycles. The van der Waals surface area contributed by atoms with Crippen LogP contribution in [0.5, 0.6) is 0 Å². The molecule has 2 aromatic heterocycles. The highest BCUT2D eigenvalue weighted by molar-refractivity contribution is 7.10. The zero-order valence-electron chi connectivity index (χ0n) is 16.5. The van der Waals surface area contributed by atoms with E-state index in [1.807, 2.05) is 6.07 Å². The number of anilines is 1. The van der Waals surface area contributed by atoms with Gasteiger partial charge in [0.05, 0.1) is 28.3 Å². The fourth-order valence-corrected chi connectivity index (χ4v) is 4.85. The lowest BCUT2D eigenvalue weighted by atomic mass is 9.91. The largest absolute Gasteiger partial charge is 0.391 e. The summed E-state index contributed by atoms with van der Waals surface area (Å²) >= 11 is 7.79. The van der Waals surface area contributed by atoms with Crippen LogP contribution >= 0.6 is 23.1 Å². The summed E-state index contributed by atoms with van der Waals surface area (Å²) in [5.41, 5.74) is 9.20. The number of hydrogen-bond acceptors (Lipinski definition) is 7. The summed E-state index contributed by atoms with van der Waals surface area (Å²) in [4.78, 5) is 7.51. The van der Waals surface area contributed by atoms with Crippen LogP contribution in [-0.2, 0) is 4.74 Å². The zero-order valence-corrected chi connectivity index (χ0v) is 18.1. The first-order valence-corrected chi connectivity index (χ1v) is 10.9. The zero-order chi connectivity index (χ0) is 20.1. The van der Waals surface area contributed by atoms with Crippen LogP contribution in [0.25, 0.3) is 10.4 Å². The number of pyridine rings is 1. The summed E-state index contributed by atoms with van der Waals surface area (Å²) in [5, 5.41) is 9.41. The van der Waals surface area contributed by atoms with Gasteiger partial charge in [-0.25, -0.2) is 4.98 Å². The SMILES string of the molecule is Cc1c(C2CCN(C)CC2)nsc1-c1cc(N)ncc1Cl.OC1CCCOC1. The molecule has 2 aliphatic rings. The third kappa shape index (κ3) is 5.42. The van der Waals surface area contributed by atoms with Crippen molar-refractivity contribution in [3.8, 4) is 10.4 Å². The molecule has 1 atom stereocenters. The van der Waals surface area contributed by atoms with Crippen LogP contribution in [0.15, 0.2) is 12.3 Å². The van der Waals surface area contributed by atoms with Crippen molar-refractivity contribution in [3.05, 3.63) is 28.5 Å². The van der Waals surface area contributed by atoms with Gasteiger partial charge in [0.15, 0.2) is 0 Å². The molecular formula is C20H29ClN4O2S. The lowest BCUT2D eigenvalue weighted by molar-refractivity contribution is -0.00535. The number of hydrogen-bond donors (Lipinski definition) is 2. The molecule has 2 aromatic rings. The maximum Gasteiger partial charge on any atom is 0.124 e. The number of piperidine rings is 1. The van der Waals surface area contributed by atoms with Crippen molar-refractivity contribution in [2.75, 3.05) is 39.1 Å². The first-order chi connectivity index (χ1) is 13.5. The average Bonchev–Trinajstić information content (AvgIpc) is 3.07. The number of nitrogens with zero attached hydrogens (tertiary/aromatic N) is 3. The van der Waals surface area contributed by atoms with Gasteiger partial charge in [-0.3, -0.25) is 0 Å². The first-order valence-electron chi connectivity index (χ1n) is 9.77. The molecule has 0 aliphatic carbocycles. The van der Waals surface area contributed by atoms with Crippen molar-refractivity contribution in [3.63, 3.8) is 0 Å². The molecule has 4 rings (SSSR count). The summed E-state index contributed by atoms with van der Waals surface area (Å²) in [6.07, 6.45) is 5.70. The molecule has 0 bridgehead atoms. The Morgan fingerprint density at radius 3 is 2.68 bits per heavy atom. The highest BCUT2D eigenvalue weighted by Crippen LogP contribution is 2.39. The quantitative estimate of drug-likeness (QED) is 0.764. The van der Waals surface area contributed by atoms with E-state index in [1.165, 1.54) is 35.6 Å². The second-order valence-electron chi connectivity index (χ2n) is 7.56. The van der Waals surface area contributed by atoms with Crippen LogP contribution in [0.1, 0.15) is 42.9 Å². The lowest BCUT2D eigenvalue weighted by Gasteiger charge is -2.28. The van der Waals surface area contributed by atoms with Gasteiger partial charge in [0, 0.05) is 24.3 Å². The summed E-state index contributed by atoms with van der Waals surface area (Å²) < 4.78 is 9.65. The van der Waals surface area contributed by atoms with E-state index in [9.17, 15) is 0 Å². The van der Waals surface area contributed by atoms with E-state index in [0.717, 1.165) is 43.0 Å². The van der Waals surface area contributed by atoms with Gasteiger partial charge < -0.3 is 20.5 Å². The van der Waals surface area contributed by atoms with E-state index in [-0.39, 0.29) is 6.10 Å². The number of aliphatic hydroxyl groups excluding tert-OH is 1. The Morgan fingerprint density at radius 1 is 1.32 bits per heavy atom. The van der Waals surface area contributed by atoms with Crippen molar-refractivity contribution in [2.24, 2.45) is 0 Å². The summed E-state index contributed by atoms with van der Waals surface area (Å²) in [6.45, 7) is 5.79. The molecule has 0 radical (unpaired) electrons. The second-order valence-corrected chi connectivity index (χ2v) is 8.74. The average molecular weight is 425 g/mol. The minimum atomic E-state index is -0.186. The van der Waals surface area contributed by atoms with Crippen LogP contribution in [-0.4, -0.2) is 58.8 Å². The molecule has 2 aliphatic heterocycles. The normalized spacial score (nSPS) is 21.2. The predicted octanol–water partition coefficient (Wildman–Crippen LogP) is 3.72. The van der Waals surface area contributed by atoms with Crippen LogP contribution in [0.4, 0.5) is 5.82 Å². The fourth-order valence-electron chi connectivity index (χ4n) is 3.61. The standard InChI is InChI=1S/C15H19ClN4S.C5H10O2/c1-9-14(10-3-5-20(2)6-4-10)19-21-15(9)11-7-13(17)18-8-12(11)16;6-5-2-1-3-7-4-5/h7-8,10H,3-6H2,1-2H3,(H2,17,18);5-6H,1-4H2. The smallest absolute Gasteiger partial charge is 0.124 e. The summed E-state index contributed by atoms with van der Waals surface area (Å²) in [7, 11) is 2.18. The Kier molecular flexibility index (Phi) is 7.65. The Labute approximate surface area is 175 Å². The number of nitrogen functional groups attached to an aromatic ring is 1. The van der Waals surface area contributed by atoms with E-state index >= 15 is 0 Å². The van der Waals surface area contributed by atoms with Gasteiger partial charge in [-0.15, -0.1) is 0 Å². The topological polar surface area (TPSA) is 84.5 Å². The molecule has 0 spiro atoms. The molecule has 28 heavy (non-hydrogen) atoms. The van der Waals surface area contributed by atoms with Crippen molar-refractivity contribution in [1.29, 1.82) is 0 Å². The van der Waals surface area contributed by atoms with Crippen LogP contribution < -0.4 is 5.73 Å². The number of likely N-dealkylation sites (tertiary alicyclic amines) is 1.